The number of nitrogens with zero attached hydrogens (tertiary/aromatic N) is 2. The number of amides is 1. The summed E-state index contributed by atoms with van der Waals surface area (Å²) in [4.78, 5) is 18.8. The van der Waals surface area contributed by atoms with Gasteiger partial charge in [-0.3, -0.25) is 4.79 Å². The molecule has 0 aliphatic carbocycles. The van der Waals surface area contributed by atoms with E-state index in [4.69, 9.17) is 0 Å². The Bertz CT molecular complexity index is 704. The lowest BCUT2D eigenvalue weighted by molar-refractivity contribution is -0.157. The van der Waals surface area contributed by atoms with Crippen molar-refractivity contribution in [1.82, 2.24) is 15.2 Å². The molecule has 0 unspecified atom stereocenters. The molecular formula is C19H25N3O2S. The Hall–Kier alpha value is -1.76. The van der Waals surface area contributed by atoms with Crippen LogP contribution in [0.2, 0.25) is 0 Å². The predicted molar refractivity (Wildman–Crippen MR) is 99.5 cm³/mol. The van der Waals surface area contributed by atoms with E-state index >= 15 is 0 Å². The maximum Gasteiger partial charge on any atom is 0.256 e. The maximum atomic E-state index is 12.8. The highest BCUT2D eigenvalue weighted by molar-refractivity contribution is 7.07. The summed E-state index contributed by atoms with van der Waals surface area (Å²) in [5.41, 5.74) is 3.84. The third-order valence-corrected chi connectivity index (χ3v) is 5.25. The number of nitrogens with one attached hydrogen (secondary N) is 1. The van der Waals surface area contributed by atoms with Gasteiger partial charge in [0.25, 0.3) is 5.91 Å². The van der Waals surface area contributed by atoms with Gasteiger partial charge in [-0.2, -0.15) is 0 Å². The molecule has 1 aromatic carbocycles. The van der Waals surface area contributed by atoms with Crippen LogP contribution >= 0.6 is 11.3 Å². The van der Waals surface area contributed by atoms with Crippen molar-refractivity contribution in [3.05, 3.63) is 52.0 Å². The largest absolute Gasteiger partial charge is 0.379 e. The Balaban J connectivity index is 1.54. The van der Waals surface area contributed by atoms with Gasteiger partial charge in [-0.15, -0.1) is 11.3 Å². The van der Waals surface area contributed by atoms with Crippen LogP contribution in [0.15, 0.2) is 35.2 Å². The summed E-state index contributed by atoms with van der Waals surface area (Å²) in [6.07, 6.45) is 2.14. The first-order chi connectivity index (χ1) is 12.1. The molecule has 1 aliphatic rings. The van der Waals surface area contributed by atoms with Gasteiger partial charge in [0.05, 0.1) is 11.2 Å². The van der Waals surface area contributed by atoms with Crippen LogP contribution in [-0.4, -0.2) is 46.1 Å². The van der Waals surface area contributed by atoms with Crippen molar-refractivity contribution < 1.29 is 9.90 Å². The average molecular weight is 359 g/mol. The SMILES string of the molecule is Cc1cccc(CN2CCC[C@](O)(CNCCc3cscn3)C2=O)c1. The average Bonchev–Trinajstić information content (AvgIpc) is 3.10. The van der Waals surface area contributed by atoms with Gasteiger partial charge in [-0.25, -0.2) is 4.98 Å². The first-order valence-electron chi connectivity index (χ1n) is 8.72. The van der Waals surface area contributed by atoms with Crippen LogP contribution in [0.3, 0.4) is 0 Å². The number of hydrogen-bond donors (Lipinski definition) is 2. The van der Waals surface area contributed by atoms with Crippen LogP contribution in [0.5, 0.6) is 0 Å². The molecule has 3 rings (SSSR count). The van der Waals surface area contributed by atoms with E-state index in [0.29, 0.717) is 32.6 Å². The van der Waals surface area contributed by atoms with E-state index in [-0.39, 0.29) is 5.91 Å². The summed E-state index contributed by atoms with van der Waals surface area (Å²) in [5.74, 6) is -0.165. The highest BCUT2D eigenvalue weighted by Crippen LogP contribution is 2.24. The summed E-state index contributed by atoms with van der Waals surface area (Å²) < 4.78 is 0. The fourth-order valence-corrected chi connectivity index (χ4v) is 3.88. The van der Waals surface area contributed by atoms with Crippen molar-refractivity contribution in [2.24, 2.45) is 0 Å². The van der Waals surface area contributed by atoms with Crippen molar-refractivity contribution >= 4 is 17.2 Å². The first-order valence-corrected chi connectivity index (χ1v) is 9.66. The number of aryl methyl sites for hydroxylation is 1. The minimum Gasteiger partial charge on any atom is -0.379 e. The molecule has 2 aromatic rings. The van der Waals surface area contributed by atoms with E-state index in [1.807, 2.05) is 36.0 Å². The van der Waals surface area contributed by atoms with Gasteiger partial charge in [-0.1, -0.05) is 29.8 Å². The number of aliphatic hydroxyl groups is 1. The Morgan fingerprint density at radius 2 is 2.32 bits per heavy atom. The number of rotatable bonds is 7. The third kappa shape index (κ3) is 4.66. The molecule has 2 heterocycles. The molecule has 5 nitrogen and oxygen atoms in total. The van der Waals surface area contributed by atoms with E-state index in [0.717, 1.165) is 24.1 Å². The number of piperidine rings is 1. The van der Waals surface area contributed by atoms with E-state index < -0.39 is 5.60 Å². The Labute approximate surface area is 152 Å². The number of carbonyl (C=O) groups excluding carboxylic acids is 1. The summed E-state index contributed by atoms with van der Waals surface area (Å²) in [6, 6.07) is 8.17. The summed E-state index contributed by atoms with van der Waals surface area (Å²) in [5, 5.41) is 16.1. The zero-order valence-electron chi connectivity index (χ0n) is 14.6. The van der Waals surface area contributed by atoms with Crippen molar-refractivity contribution in [3.8, 4) is 0 Å². The molecule has 1 fully saturated rings. The molecular weight excluding hydrogens is 334 g/mol. The number of benzene rings is 1. The molecule has 1 aliphatic heterocycles. The molecule has 0 saturated carbocycles. The fraction of sp³-hybridized carbons (Fsp3) is 0.474. The van der Waals surface area contributed by atoms with E-state index in [9.17, 15) is 9.90 Å². The molecule has 1 amide bonds. The van der Waals surface area contributed by atoms with Gasteiger partial charge >= 0.3 is 0 Å². The van der Waals surface area contributed by atoms with Crippen LogP contribution < -0.4 is 5.32 Å². The van der Waals surface area contributed by atoms with Gasteiger partial charge in [0.1, 0.15) is 0 Å². The molecule has 0 radical (unpaired) electrons. The van der Waals surface area contributed by atoms with Gasteiger partial charge in [0.15, 0.2) is 5.60 Å². The molecule has 1 saturated heterocycles. The monoisotopic (exact) mass is 359 g/mol. The molecule has 2 N–H and O–H groups in total. The van der Waals surface area contributed by atoms with Crippen molar-refractivity contribution in [1.29, 1.82) is 0 Å². The quantitative estimate of drug-likeness (QED) is 0.744. The highest BCUT2D eigenvalue weighted by Gasteiger charge is 2.41. The Morgan fingerprint density at radius 1 is 1.44 bits per heavy atom. The summed E-state index contributed by atoms with van der Waals surface area (Å²) in [6.45, 7) is 4.30. The van der Waals surface area contributed by atoms with Gasteiger partial charge in [-0.05, 0) is 25.3 Å². The van der Waals surface area contributed by atoms with Gasteiger partial charge in [0, 0.05) is 38.0 Å². The van der Waals surface area contributed by atoms with Crippen LogP contribution in [-0.2, 0) is 17.8 Å². The lowest BCUT2D eigenvalue weighted by Gasteiger charge is -2.38. The Morgan fingerprint density at radius 3 is 3.08 bits per heavy atom. The normalized spacial score (nSPS) is 20.9. The second-order valence-corrected chi connectivity index (χ2v) is 7.48. The van der Waals surface area contributed by atoms with Crippen LogP contribution in [0.1, 0.15) is 29.7 Å². The summed E-state index contributed by atoms with van der Waals surface area (Å²) in [7, 11) is 0. The van der Waals surface area contributed by atoms with Gasteiger partial charge in [0.2, 0.25) is 0 Å². The zero-order chi connectivity index (χ0) is 17.7. The molecule has 1 aromatic heterocycles. The lowest BCUT2D eigenvalue weighted by Crippen LogP contribution is -2.57. The number of carbonyl (C=O) groups is 1. The third-order valence-electron chi connectivity index (χ3n) is 4.62. The fourth-order valence-electron chi connectivity index (χ4n) is 3.28. The lowest BCUT2D eigenvalue weighted by atomic mass is 9.91. The van der Waals surface area contributed by atoms with Crippen molar-refractivity contribution in [2.45, 2.75) is 38.3 Å². The molecule has 6 heteroatoms. The van der Waals surface area contributed by atoms with Crippen LogP contribution in [0.4, 0.5) is 0 Å². The first kappa shape index (κ1) is 18.0. The second-order valence-electron chi connectivity index (χ2n) is 6.76. The van der Waals surface area contributed by atoms with Crippen LogP contribution in [0, 0.1) is 6.92 Å². The minimum atomic E-state index is -1.30. The Kier molecular flexibility index (Phi) is 5.83. The van der Waals surface area contributed by atoms with Crippen LogP contribution in [0.25, 0.3) is 0 Å². The smallest absolute Gasteiger partial charge is 0.256 e. The molecule has 134 valence electrons. The highest BCUT2D eigenvalue weighted by atomic mass is 32.1. The van der Waals surface area contributed by atoms with E-state index in [2.05, 4.69) is 16.4 Å². The van der Waals surface area contributed by atoms with Crippen molar-refractivity contribution in [2.75, 3.05) is 19.6 Å². The standard InChI is InChI=1S/C19H25N3O2S/c1-15-4-2-5-16(10-15)11-22-9-3-7-19(24,18(22)23)13-20-8-6-17-12-25-14-21-17/h2,4-5,10,12,14,20,24H,3,6-9,11,13H2,1H3/t19-/m0/s1. The predicted octanol–water partition coefficient (Wildman–Crippen LogP) is 2.14. The number of thiazole rings is 1. The number of aromatic nitrogens is 1. The molecule has 25 heavy (non-hydrogen) atoms. The van der Waals surface area contributed by atoms with Gasteiger partial charge < -0.3 is 15.3 Å². The number of likely N-dealkylation sites (tertiary alicyclic amines) is 1. The topological polar surface area (TPSA) is 65.5 Å². The van der Waals surface area contributed by atoms with E-state index in [1.54, 1.807) is 16.2 Å². The zero-order valence-corrected chi connectivity index (χ0v) is 15.4. The van der Waals surface area contributed by atoms with Crippen molar-refractivity contribution in [3.63, 3.8) is 0 Å². The minimum absolute atomic E-state index is 0.165. The summed E-state index contributed by atoms with van der Waals surface area (Å²) >= 11 is 1.58. The maximum absolute atomic E-state index is 12.8. The van der Waals surface area contributed by atoms with E-state index in [1.165, 1.54) is 5.56 Å². The molecule has 1 atom stereocenters. The second kappa shape index (κ2) is 8.08. The number of hydrogen-bond acceptors (Lipinski definition) is 5. The molecule has 0 bridgehead atoms. The molecule has 0 spiro atoms.